The molecule has 0 saturated heterocycles. The molecule has 0 saturated carbocycles. The van der Waals surface area contributed by atoms with E-state index in [0.717, 1.165) is 18.3 Å². The second-order valence-corrected chi connectivity index (χ2v) is 10.9. The summed E-state index contributed by atoms with van der Waals surface area (Å²) < 4.78 is 31.4. The van der Waals surface area contributed by atoms with Gasteiger partial charge in [-0.2, -0.15) is 5.10 Å². The van der Waals surface area contributed by atoms with E-state index in [4.69, 9.17) is 20.1 Å². The third-order valence-electron chi connectivity index (χ3n) is 4.27. The van der Waals surface area contributed by atoms with Crippen LogP contribution in [0.5, 0.6) is 0 Å². The van der Waals surface area contributed by atoms with Gasteiger partial charge in [0.1, 0.15) is 21.1 Å². The zero-order valence-electron chi connectivity index (χ0n) is 21.1. The number of alkyl halides is 1. The molecule has 1 heterocycles. The van der Waals surface area contributed by atoms with E-state index in [2.05, 4.69) is 15.9 Å². The number of hydrogen-bond acceptors (Lipinski definition) is 10. The van der Waals surface area contributed by atoms with E-state index in [1.165, 1.54) is 12.1 Å². The summed E-state index contributed by atoms with van der Waals surface area (Å²) in [6, 6.07) is 2.91. The van der Waals surface area contributed by atoms with Crippen molar-refractivity contribution in [3.63, 3.8) is 0 Å². The van der Waals surface area contributed by atoms with E-state index in [9.17, 15) is 14.4 Å². The van der Waals surface area contributed by atoms with Gasteiger partial charge < -0.3 is 25.0 Å². The van der Waals surface area contributed by atoms with Crippen LogP contribution in [0.3, 0.4) is 0 Å². The lowest BCUT2D eigenvalue weighted by molar-refractivity contribution is -0.306. The van der Waals surface area contributed by atoms with Gasteiger partial charge in [0.05, 0.1) is 25.5 Å². The van der Waals surface area contributed by atoms with Crippen molar-refractivity contribution in [2.45, 2.75) is 70.8 Å². The molecule has 0 amide bonds. The maximum absolute atomic E-state index is 15.4. The van der Waals surface area contributed by atoms with Crippen LogP contribution in [-0.2, 0) is 34.0 Å². The highest BCUT2D eigenvalue weighted by Gasteiger charge is 2.54. The number of halogens is 2. The number of hydrazine groups is 1. The first kappa shape index (κ1) is 30.6. The molecule has 0 aliphatic heterocycles. The normalized spacial score (nSPS) is 15.0. The van der Waals surface area contributed by atoms with Crippen molar-refractivity contribution in [3.8, 4) is 0 Å². The van der Waals surface area contributed by atoms with E-state index in [1.807, 2.05) is 22.6 Å². The Balaban J connectivity index is 3.31. The number of rotatable bonds is 9. The Labute approximate surface area is 217 Å². The topological polar surface area (TPSA) is 162 Å². The minimum absolute atomic E-state index is 0.107. The van der Waals surface area contributed by atoms with Gasteiger partial charge in [0, 0.05) is 6.42 Å². The van der Waals surface area contributed by atoms with Crippen molar-refractivity contribution >= 4 is 40.5 Å². The van der Waals surface area contributed by atoms with Gasteiger partial charge in [-0.05, 0) is 76.3 Å². The molecule has 0 bridgehead atoms. The molecule has 13 heteroatoms. The van der Waals surface area contributed by atoms with Gasteiger partial charge >= 0.3 is 17.9 Å². The van der Waals surface area contributed by atoms with Crippen LogP contribution >= 0.6 is 22.6 Å². The second-order valence-electron chi connectivity index (χ2n) is 9.79. The standard InChI is InChI=1S/C22H33FIN5O6/c1-20(2,3)34-17(30)14(25)12-29(26)11-13(23)10-22(18(31)33-7,19(32)35-21(4,5)6)15-8-9-16(24)28-27-15/h8-9,12-13H,10-11,25-26H2,1-7H3/p+1/b14-12-. The Bertz CT molecular complexity index is 945. The highest BCUT2D eigenvalue weighted by atomic mass is 127. The Morgan fingerprint density at radius 2 is 1.69 bits per heavy atom. The number of carbonyl (C=O) groups excluding carboxylic acids is 3. The molecule has 35 heavy (non-hydrogen) atoms. The minimum Gasteiger partial charge on any atom is -0.468 e. The maximum atomic E-state index is 15.4. The van der Waals surface area contributed by atoms with E-state index in [-0.39, 0.29) is 11.4 Å². The molecule has 0 spiro atoms. The van der Waals surface area contributed by atoms with Crippen molar-refractivity contribution in [1.29, 1.82) is 0 Å². The van der Waals surface area contributed by atoms with Crippen molar-refractivity contribution in [2.75, 3.05) is 13.7 Å². The van der Waals surface area contributed by atoms with Crippen LogP contribution in [0.4, 0.5) is 4.39 Å². The SMILES string of the molecule is COC(=O)C(CC(F)CN(N)/C=C(\[NH3+])C(=O)OC(C)(C)C)(C(=O)OC(C)(C)C)c1ccc(I)nn1. The van der Waals surface area contributed by atoms with Gasteiger partial charge in [-0.1, -0.05) is 0 Å². The molecule has 11 nitrogen and oxygen atoms in total. The van der Waals surface area contributed by atoms with Gasteiger partial charge in [-0.3, -0.25) is 9.59 Å². The predicted molar refractivity (Wildman–Crippen MR) is 132 cm³/mol. The smallest absolute Gasteiger partial charge is 0.394 e. The lowest BCUT2D eigenvalue weighted by atomic mass is 9.78. The fourth-order valence-electron chi connectivity index (χ4n) is 2.92. The molecule has 0 aliphatic rings. The third-order valence-corrected chi connectivity index (χ3v) is 4.85. The van der Waals surface area contributed by atoms with E-state index in [0.29, 0.717) is 3.70 Å². The zero-order valence-corrected chi connectivity index (χ0v) is 23.2. The van der Waals surface area contributed by atoms with Crippen molar-refractivity contribution in [1.82, 2.24) is 15.2 Å². The van der Waals surface area contributed by atoms with Crippen LogP contribution < -0.4 is 11.6 Å². The maximum Gasteiger partial charge on any atom is 0.394 e. The summed E-state index contributed by atoms with van der Waals surface area (Å²) in [7, 11) is 1.07. The second kappa shape index (κ2) is 12.0. The van der Waals surface area contributed by atoms with E-state index < -0.39 is 53.7 Å². The molecule has 1 rings (SSSR count). The number of methoxy groups -OCH3 is 1. The summed E-state index contributed by atoms with van der Waals surface area (Å²) in [5, 5.41) is 8.73. The predicted octanol–water partition coefficient (Wildman–Crippen LogP) is 1.16. The highest BCUT2D eigenvalue weighted by molar-refractivity contribution is 14.1. The van der Waals surface area contributed by atoms with Gasteiger partial charge in [0.25, 0.3) is 0 Å². The Morgan fingerprint density at radius 1 is 1.11 bits per heavy atom. The number of aromatic nitrogens is 2. The largest absolute Gasteiger partial charge is 0.468 e. The first-order valence-electron chi connectivity index (χ1n) is 10.7. The first-order valence-corrected chi connectivity index (χ1v) is 11.7. The summed E-state index contributed by atoms with van der Waals surface area (Å²) in [6.07, 6.45) is -1.46. The molecule has 1 aromatic rings. The fourth-order valence-corrected chi connectivity index (χ4v) is 3.21. The monoisotopic (exact) mass is 610 g/mol. The molecule has 2 atom stereocenters. The lowest BCUT2D eigenvalue weighted by Crippen LogP contribution is -2.54. The minimum atomic E-state index is -2.25. The van der Waals surface area contributed by atoms with Crippen LogP contribution in [-0.4, -0.2) is 64.1 Å². The first-order chi connectivity index (χ1) is 15.9. The van der Waals surface area contributed by atoms with Gasteiger partial charge in [-0.15, -0.1) is 5.10 Å². The Morgan fingerprint density at radius 3 is 2.14 bits per heavy atom. The molecule has 1 aromatic heterocycles. The van der Waals surface area contributed by atoms with Crippen LogP contribution in [0.25, 0.3) is 0 Å². The average Bonchev–Trinajstić information content (AvgIpc) is 2.69. The quantitative estimate of drug-likeness (QED) is 0.0790. The van der Waals surface area contributed by atoms with Gasteiger partial charge in [-0.25, -0.2) is 15.0 Å². The summed E-state index contributed by atoms with van der Waals surface area (Å²) in [6.45, 7) is 9.39. The zero-order chi connectivity index (χ0) is 27.2. The molecular weight excluding hydrogens is 576 g/mol. The Kier molecular flexibility index (Phi) is 10.5. The van der Waals surface area contributed by atoms with Gasteiger partial charge in [0.15, 0.2) is 0 Å². The van der Waals surface area contributed by atoms with Crippen LogP contribution in [0.1, 0.15) is 53.7 Å². The third kappa shape index (κ3) is 9.29. The van der Waals surface area contributed by atoms with E-state index >= 15 is 4.39 Å². The molecule has 196 valence electrons. The number of nitrogens with zero attached hydrogens (tertiary/aromatic N) is 3. The summed E-state index contributed by atoms with van der Waals surface area (Å²) in [4.78, 5) is 38.4. The van der Waals surface area contributed by atoms with Crippen molar-refractivity contribution in [2.24, 2.45) is 5.84 Å². The van der Waals surface area contributed by atoms with Gasteiger partial charge in [0.2, 0.25) is 11.1 Å². The van der Waals surface area contributed by atoms with Crippen molar-refractivity contribution < 1.29 is 38.7 Å². The van der Waals surface area contributed by atoms with Crippen LogP contribution in [0.2, 0.25) is 0 Å². The molecule has 5 N–H and O–H groups in total. The average molecular weight is 610 g/mol. The molecule has 0 fully saturated rings. The highest BCUT2D eigenvalue weighted by Crippen LogP contribution is 2.34. The summed E-state index contributed by atoms with van der Waals surface area (Å²) in [5.41, 5.74) is -0.643. The molecule has 0 aromatic carbocycles. The van der Waals surface area contributed by atoms with Crippen molar-refractivity contribution in [3.05, 3.63) is 33.4 Å². The van der Waals surface area contributed by atoms with E-state index in [1.54, 1.807) is 41.5 Å². The summed E-state index contributed by atoms with van der Waals surface area (Å²) >= 11 is 1.90. The number of ether oxygens (including phenoxy) is 3. The summed E-state index contributed by atoms with van der Waals surface area (Å²) in [5.74, 6) is 3.02. The Hall–Kier alpha value is -2.39. The lowest BCUT2D eigenvalue weighted by Gasteiger charge is -2.32. The number of esters is 3. The molecule has 2 unspecified atom stereocenters. The van der Waals surface area contributed by atoms with Crippen LogP contribution in [0.15, 0.2) is 24.0 Å². The number of quaternary nitrogens is 1. The number of nitrogens with two attached hydrogens (primary N) is 1. The number of carbonyl (C=O) groups is 3. The molecule has 0 radical (unpaired) electrons. The number of hydrogen-bond donors (Lipinski definition) is 2. The molecular formula is C22H34FIN5O6+. The fraction of sp³-hybridized carbons (Fsp3) is 0.591. The van der Waals surface area contributed by atoms with Crippen LogP contribution in [0, 0.1) is 3.70 Å². The molecule has 0 aliphatic carbocycles.